The molecule has 1 aromatic carbocycles. The number of para-hydroxylation sites is 2. The third kappa shape index (κ3) is 4.77. The molecule has 1 atom stereocenters. The summed E-state index contributed by atoms with van der Waals surface area (Å²) >= 11 is 1.14. The van der Waals surface area contributed by atoms with Crippen molar-refractivity contribution < 1.29 is 18.7 Å². The Morgan fingerprint density at radius 1 is 1.41 bits per heavy atom. The molecule has 1 amide bonds. The predicted molar refractivity (Wildman–Crippen MR) is 83.6 cm³/mol. The minimum Gasteiger partial charge on any atom is -0.455 e. The Bertz CT molecular complexity index is 623. The molecule has 0 saturated carbocycles. The van der Waals surface area contributed by atoms with E-state index in [1.807, 2.05) is 38.1 Å². The van der Waals surface area contributed by atoms with Crippen LogP contribution < -0.4 is 5.32 Å². The molecule has 0 saturated heterocycles. The molecule has 0 fully saturated rings. The van der Waals surface area contributed by atoms with E-state index in [1.165, 1.54) is 0 Å². The summed E-state index contributed by atoms with van der Waals surface area (Å²) in [5.74, 6) is -0.732. The van der Waals surface area contributed by atoms with Crippen LogP contribution in [0, 0.1) is 0 Å². The van der Waals surface area contributed by atoms with Crippen LogP contribution in [-0.2, 0) is 14.3 Å². The molecule has 0 spiro atoms. The van der Waals surface area contributed by atoms with Crippen LogP contribution in [0.25, 0.3) is 11.1 Å². The first-order valence-electron chi connectivity index (χ1n) is 7.02. The Morgan fingerprint density at radius 2 is 2.18 bits per heavy atom. The highest BCUT2D eigenvalue weighted by Crippen LogP contribution is 2.22. The van der Waals surface area contributed by atoms with E-state index in [4.69, 9.17) is 9.15 Å². The molecule has 7 heteroatoms. The van der Waals surface area contributed by atoms with Crippen molar-refractivity contribution in [2.75, 3.05) is 12.4 Å². The van der Waals surface area contributed by atoms with Gasteiger partial charge >= 0.3 is 5.97 Å². The first kappa shape index (κ1) is 16.4. The van der Waals surface area contributed by atoms with Crippen LogP contribution in [0.2, 0.25) is 0 Å². The molecular formula is C15H18N2O4S. The molecule has 1 N–H and O–H groups in total. The predicted octanol–water partition coefficient (Wildman–Crippen LogP) is 2.38. The maximum Gasteiger partial charge on any atom is 0.316 e. The van der Waals surface area contributed by atoms with Gasteiger partial charge in [-0.05, 0) is 25.5 Å². The van der Waals surface area contributed by atoms with Crippen molar-refractivity contribution in [3.05, 3.63) is 24.3 Å². The lowest BCUT2D eigenvalue weighted by Crippen LogP contribution is -2.35. The maximum absolute atomic E-state index is 11.6. The van der Waals surface area contributed by atoms with Gasteiger partial charge in [0.15, 0.2) is 12.2 Å². The van der Waals surface area contributed by atoms with Crippen LogP contribution in [0.1, 0.15) is 20.3 Å². The normalized spacial score (nSPS) is 12.1. The maximum atomic E-state index is 11.6. The lowest BCUT2D eigenvalue weighted by molar-refractivity contribution is -0.146. The Hall–Kier alpha value is -2.02. The Kier molecular flexibility index (Phi) is 5.83. The molecule has 1 aromatic heterocycles. The topological polar surface area (TPSA) is 81.4 Å². The summed E-state index contributed by atoms with van der Waals surface area (Å²) in [5, 5.41) is 3.13. The molecule has 6 nitrogen and oxygen atoms in total. The van der Waals surface area contributed by atoms with E-state index in [9.17, 15) is 9.59 Å². The molecule has 118 valence electrons. The summed E-state index contributed by atoms with van der Waals surface area (Å²) < 4.78 is 10.4. The number of amides is 1. The number of oxazole rings is 1. The van der Waals surface area contributed by atoms with Crippen molar-refractivity contribution in [3.63, 3.8) is 0 Å². The molecule has 0 aliphatic heterocycles. The van der Waals surface area contributed by atoms with Crippen LogP contribution >= 0.6 is 11.8 Å². The molecular weight excluding hydrogens is 304 g/mol. The van der Waals surface area contributed by atoms with Crippen molar-refractivity contribution >= 4 is 34.7 Å². The number of hydrogen-bond acceptors (Lipinski definition) is 6. The van der Waals surface area contributed by atoms with Crippen molar-refractivity contribution in [1.29, 1.82) is 0 Å². The third-order valence-electron chi connectivity index (χ3n) is 2.97. The van der Waals surface area contributed by atoms with Crippen molar-refractivity contribution in [2.45, 2.75) is 31.5 Å². The SMILES string of the molecule is CC[C@H](C)NC(=O)COC(=O)CSc1nc2ccccc2o1. The Balaban J connectivity index is 1.74. The Morgan fingerprint density at radius 3 is 2.91 bits per heavy atom. The highest BCUT2D eigenvalue weighted by atomic mass is 32.2. The fourth-order valence-electron chi connectivity index (χ4n) is 1.64. The number of thioether (sulfide) groups is 1. The summed E-state index contributed by atoms with van der Waals surface area (Å²) in [6.07, 6.45) is 0.827. The minimum atomic E-state index is -0.480. The number of benzene rings is 1. The molecule has 2 aromatic rings. The van der Waals surface area contributed by atoms with Gasteiger partial charge in [-0.1, -0.05) is 30.8 Å². The van der Waals surface area contributed by atoms with Gasteiger partial charge in [0.1, 0.15) is 11.3 Å². The van der Waals surface area contributed by atoms with Gasteiger partial charge in [-0.25, -0.2) is 4.98 Å². The summed E-state index contributed by atoms with van der Waals surface area (Å²) in [7, 11) is 0. The average molecular weight is 322 g/mol. The van der Waals surface area contributed by atoms with Crippen LogP contribution in [0.3, 0.4) is 0 Å². The van der Waals surface area contributed by atoms with E-state index >= 15 is 0 Å². The first-order chi connectivity index (χ1) is 10.6. The zero-order valence-corrected chi connectivity index (χ0v) is 13.3. The zero-order valence-electron chi connectivity index (χ0n) is 12.5. The average Bonchev–Trinajstić information content (AvgIpc) is 2.93. The molecule has 0 aliphatic carbocycles. The van der Waals surface area contributed by atoms with E-state index in [0.29, 0.717) is 10.8 Å². The van der Waals surface area contributed by atoms with E-state index in [0.717, 1.165) is 23.7 Å². The second-order valence-corrected chi connectivity index (χ2v) is 5.70. The van der Waals surface area contributed by atoms with Crippen LogP contribution in [-0.4, -0.2) is 35.3 Å². The summed E-state index contributed by atoms with van der Waals surface area (Å²) in [6.45, 7) is 3.59. The highest BCUT2D eigenvalue weighted by Gasteiger charge is 2.12. The second-order valence-electron chi connectivity index (χ2n) is 4.77. The molecule has 1 heterocycles. The smallest absolute Gasteiger partial charge is 0.316 e. The summed E-state index contributed by atoms with van der Waals surface area (Å²) in [5.41, 5.74) is 1.41. The lowest BCUT2D eigenvalue weighted by atomic mass is 10.2. The Labute approximate surface area is 132 Å². The zero-order chi connectivity index (χ0) is 15.9. The number of aromatic nitrogens is 1. The highest BCUT2D eigenvalue weighted by molar-refractivity contribution is 7.99. The molecule has 2 rings (SSSR count). The number of ether oxygens (including phenoxy) is 1. The van der Waals surface area contributed by atoms with Gasteiger partial charge in [0.05, 0.1) is 0 Å². The van der Waals surface area contributed by atoms with Gasteiger partial charge in [0.25, 0.3) is 11.1 Å². The van der Waals surface area contributed by atoms with Gasteiger partial charge in [-0.2, -0.15) is 0 Å². The van der Waals surface area contributed by atoms with Crippen molar-refractivity contribution in [1.82, 2.24) is 10.3 Å². The van der Waals surface area contributed by atoms with E-state index in [-0.39, 0.29) is 24.3 Å². The molecule has 0 unspecified atom stereocenters. The van der Waals surface area contributed by atoms with Gasteiger partial charge in [0, 0.05) is 6.04 Å². The number of hydrogen-bond donors (Lipinski definition) is 1. The molecule has 0 bridgehead atoms. The number of fused-ring (bicyclic) bond motifs is 1. The summed E-state index contributed by atoms with van der Waals surface area (Å²) in [6, 6.07) is 7.43. The van der Waals surface area contributed by atoms with Gasteiger partial charge in [-0.15, -0.1) is 0 Å². The molecule has 22 heavy (non-hydrogen) atoms. The van der Waals surface area contributed by atoms with Gasteiger partial charge < -0.3 is 14.5 Å². The summed E-state index contributed by atoms with van der Waals surface area (Å²) in [4.78, 5) is 27.3. The van der Waals surface area contributed by atoms with Crippen LogP contribution in [0.15, 0.2) is 33.9 Å². The monoisotopic (exact) mass is 322 g/mol. The fourth-order valence-corrected chi connectivity index (χ4v) is 2.28. The van der Waals surface area contributed by atoms with Gasteiger partial charge in [-0.3, -0.25) is 9.59 Å². The second kappa shape index (κ2) is 7.84. The van der Waals surface area contributed by atoms with Crippen molar-refractivity contribution in [2.24, 2.45) is 0 Å². The van der Waals surface area contributed by atoms with Crippen LogP contribution in [0.5, 0.6) is 0 Å². The number of esters is 1. The first-order valence-corrected chi connectivity index (χ1v) is 8.00. The van der Waals surface area contributed by atoms with Crippen molar-refractivity contribution in [3.8, 4) is 0 Å². The number of carbonyl (C=O) groups excluding carboxylic acids is 2. The molecule has 0 radical (unpaired) electrons. The third-order valence-corrected chi connectivity index (χ3v) is 3.77. The lowest BCUT2D eigenvalue weighted by Gasteiger charge is -2.11. The van der Waals surface area contributed by atoms with E-state index in [2.05, 4.69) is 10.3 Å². The standard InChI is InChI=1S/C15H18N2O4S/c1-3-10(2)16-13(18)8-20-14(19)9-22-15-17-11-6-4-5-7-12(11)21-15/h4-7,10H,3,8-9H2,1-2H3,(H,16,18)/t10-/m0/s1. The quantitative estimate of drug-likeness (QED) is 0.622. The fraction of sp³-hybridized carbons (Fsp3) is 0.400. The van der Waals surface area contributed by atoms with Crippen LogP contribution in [0.4, 0.5) is 0 Å². The number of nitrogens with zero attached hydrogens (tertiary/aromatic N) is 1. The number of rotatable bonds is 7. The minimum absolute atomic E-state index is 0.0451. The van der Waals surface area contributed by atoms with E-state index in [1.54, 1.807) is 0 Å². The molecule has 0 aliphatic rings. The van der Waals surface area contributed by atoms with E-state index < -0.39 is 5.97 Å². The number of nitrogens with one attached hydrogen (secondary N) is 1. The van der Waals surface area contributed by atoms with Gasteiger partial charge in [0.2, 0.25) is 0 Å². The largest absolute Gasteiger partial charge is 0.455 e. The number of carbonyl (C=O) groups is 2.